The molecular weight excluding hydrogens is 1450 g/mol. The molecule has 0 fully saturated rings. The first-order valence-corrected chi connectivity index (χ1v) is 36.2. The molecule has 27 heteroatoms. The first-order chi connectivity index (χ1) is 50.1. The highest BCUT2D eigenvalue weighted by atomic mass is 35.5. The number of fused-ring (bicyclic) bond motifs is 3. The van der Waals surface area contributed by atoms with Gasteiger partial charge in [0.25, 0.3) is 0 Å². The minimum Gasteiger partial charge on any atom is -0.506 e. The van der Waals surface area contributed by atoms with Crippen molar-refractivity contribution in [1.29, 1.82) is 0 Å². The summed E-state index contributed by atoms with van der Waals surface area (Å²) >= 11 is 39.5. The molecule has 0 saturated heterocycles. The number of pyridine rings is 3. The maximum absolute atomic E-state index is 9.64. The van der Waals surface area contributed by atoms with Crippen LogP contribution in [0.1, 0.15) is 141 Å². The van der Waals surface area contributed by atoms with Gasteiger partial charge in [0.15, 0.2) is 32.9 Å². The van der Waals surface area contributed by atoms with E-state index in [1.54, 1.807) is 49.4 Å². The summed E-state index contributed by atoms with van der Waals surface area (Å²) in [6.45, 7) is 37.1. The van der Waals surface area contributed by atoms with Crippen molar-refractivity contribution < 1.29 is 19.3 Å². The summed E-state index contributed by atoms with van der Waals surface area (Å²) in [7, 11) is 3.88. The number of imidazole rings is 3. The highest BCUT2D eigenvalue weighted by molar-refractivity contribution is 6.35. The summed E-state index contributed by atoms with van der Waals surface area (Å²) in [4.78, 5) is 44.0. The van der Waals surface area contributed by atoms with Gasteiger partial charge in [0, 0.05) is 166 Å². The van der Waals surface area contributed by atoms with Crippen molar-refractivity contribution in [3.63, 3.8) is 0 Å². The highest BCUT2D eigenvalue weighted by Crippen LogP contribution is 2.49. The molecule has 0 saturated carbocycles. The normalized spacial score (nSPS) is 12.1. The average molecular weight is 1540 g/mol. The number of halogens is 6. The van der Waals surface area contributed by atoms with Gasteiger partial charge >= 0.3 is 0 Å². The zero-order valence-corrected chi connectivity index (χ0v) is 65.2. The number of hydrogen-bond donors (Lipinski definition) is 4. The van der Waals surface area contributed by atoms with E-state index in [2.05, 4.69) is 78.4 Å². The lowest BCUT2D eigenvalue weighted by Gasteiger charge is -2.24. The van der Waals surface area contributed by atoms with Crippen LogP contribution in [0.15, 0.2) is 130 Å². The number of aliphatic hydroxyl groups excluding tert-OH is 1. The third-order valence-corrected chi connectivity index (χ3v) is 20.3. The third-order valence-electron chi connectivity index (χ3n) is 18.4. The Bertz CT molecular complexity index is 5250. The second-order valence-electron chi connectivity index (χ2n) is 24.9. The summed E-state index contributed by atoms with van der Waals surface area (Å²) in [6.07, 6.45) is 15.6. The van der Waals surface area contributed by atoms with Crippen LogP contribution in [0.4, 0.5) is 17.5 Å². The summed E-state index contributed by atoms with van der Waals surface area (Å²) in [6, 6.07) is 17.3. The number of nitrogens with two attached hydrogens (primary N) is 3. The van der Waals surface area contributed by atoms with Gasteiger partial charge in [0.1, 0.15) is 62.7 Å². The molecule has 3 aromatic carbocycles. The van der Waals surface area contributed by atoms with Gasteiger partial charge in [0.05, 0.1) is 42.6 Å². The molecule has 0 aliphatic rings. The molecule has 546 valence electrons. The molecule has 3 atom stereocenters. The molecule has 0 aliphatic heterocycles. The van der Waals surface area contributed by atoms with Gasteiger partial charge in [-0.3, -0.25) is 28.2 Å². The summed E-state index contributed by atoms with van der Waals surface area (Å²) in [5, 5.41) is 12.4. The zero-order chi connectivity index (χ0) is 76.2. The van der Waals surface area contributed by atoms with Crippen LogP contribution in [0.25, 0.3) is 67.1 Å². The quantitative estimate of drug-likeness (QED) is 0.0460. The monoisotopic (exact) mass is 1530 g/mol. The Morgan fingerprint density at radius 3 is 1.02 bits per heavy atom. The molecule has 0 unspecified atom stereocenters. The molecule has 7 N–H and O–H groups in total. The zero-order valence-electron chi connectivity index (χ0n) is 60.7. The van der Waals surface area contributed by atoms with Crippen molar-refractivity contribution in [2.75, 3.05) is 64.2 Å². The number of nitrogens with zero attached hydrogens (tertiary/aromatic N) is 14. The number of hydrogen-bond acceptors (Lipinski definition) is 18. The molecule has 12 aromatic rings. The number of benzene rings is 3. The Morgan fingerprint density at radius 1 is 0.467 bits per heavy atom. The Balaban J connectivity index is 0.000000169. The second-order valence-corrected chi connectivity index (χ2v) is 27.2. The SMILES string of the molecule is C=C(O)c1ccc(-c2c(C)c(Cl)cc([C@H](C)c3nc(Cl)c4c(N)nccn34)c2OCC)cn1.C=C(c1ccc(-c2c(C)c(Cl)cc([C@H](C)c3nc(Cl)c4c(N)nccn34)c2OCC)cn1)N(C)C.C=C(c1ccc(-c2c(C)c(Cl)cc([C@H](C)c3nc(Cl)c4c(N)nccn34)c2OCC)cn1)N(CC)CC. The van der Waals surface area contributed by atoms with Crippen molar-refractivity contribution in [2.45, 2.75) is 93.9 Å². The first kappa shape index (κ1) is 77.7. The minimum atomic E-state index is -0.241. The number of aliphatic hydroxyl groups is 1. The molecule has 0 aliphatic carbocycles. The minimum absolute atomic E-state index is 0.0967. The van der Waals surface area contributed by atoms with Crippen LogP contribution < -0.4 is 31.4 Å². The lowest BCUT2D eigenvalue weighted by Crippen LogP contribution is -2.21. The van der Waals surface area contributed by atoms with Crippen LogP contribution in [0.5, 0.6) is 17.2 Å². The van der Waals surface area contributed by atoms with Crippen LogP contribution in [0, 0.1) is 20.8 Å². The summed E-state index contributed by atoms with van der Waals surface area (Å²) in [5.41, 5.74) is 34.2. The van der Waals surface area contributed by atoms with E-state index in [4.69, 9.17) is 106 Å². The van der Waals surface area contributed by atoms with E-state index in [1.807, 2.05) is 155 Å². The van der Waals surface area contributed by atoms with Crippen molar-refractivity contribution in [3.8, 4) is 50.6 Å². The summed E-state index contributed by atoms with van der Waals surface area (Å²) < 4.78 is 24.2. The molecule has 21 nitrogen and oxygen atoms in total. The van der Waals surface area contributed by atoms with Crippen molar-refractivity contribution in [2.24, 2.45) is 0 Å². The molecule has 0 radical (unpaired) electrons. The maximum Gasteiger partial charge on any atom is 0.158 e. The lowest BCUT2D eigenvalue weighted by atomic mass is 9.91. The second kappa shape index (κ2) is 33.1. The topological polar surface area (TPSA) is 262 Å². The Kier molecular flexibility index (Phi) is 24.5. The predicted molar refractivity (Wildman–Crippen MR) is 428 cm³/mol. The first-order valence-electron chi connectivity index (χ1n) is 33.9. The molecule has 0 bridgehead atoms. The molecule has 0 amide bonds. The fourth-order valence-corrected chi connectivity index (χ4v) is 14.2. The van der Waals surface area contributed by atoms with Crippen molar-refractivity contribution >= 4 is 121 Å². The average Bonchev–Trinajstić information content (AvgIpc) is 1.75. The van der Waals surface area contributed by atoms with Gasteiger partial charge in [-0.15, -0.1) is 0 Å². The predicted octanol–water partition coefficient (Wildman–Crippen LogP) is 19.0. The van der Waals surface area contributed by atoms with Gasteiger partial charge in [0.2, 0.25) is 0 Å². The number of rotatable bonds is 22. The van der Waals surface area contributed by atoms with Crippen LogP contribution >= 0.6 is 69.6 Å². The van der Waals surface area contributed by atoms with Crippen molar-refractivity contribution in [1.82, 2.24) is 67.9 Å². The molecule has 12 rings (SSSR count). The van der Waals surface area contributed by atoms with Gasteiger partial charge in [-0.1, -0.05) is 128 Å². The van der Waals surface area contributed by atoms with Crippen molar-refractivity contribution in [3.05, 3.63) is 229 Å². The van der Waals surface area contributed by atoms with E-state index in [0.717, 1.165) is 114 Å². The largest absolute Gasteiger partial charge is 0.506 e. The molecule has 105 heavy (non-hydrogen) atoms. The van der Waals surface area contributed by atoms with E-state index in [0.29, 0.717) is 108 Å². The number of nitrogen functional groups attached to an aromatic ring is 3. The number of aromatic nitrogens is 12. The maximum atomic E-state index is 9.64. The third kappa shape index (κ3) is 15.5. The highest BCUT2D eigenvalue weighted by Gasteiger charge is 2.31. The van der Waals surface area contributed by atoms with Gasteiger partial charge in [-0.25, -0.2) is 29.9 Å². The van der Waals surface area contributed by atoms with Crippen LogP contribution in [-0.4, -0.2) is 120 Å². The standard InChI is InChI=1S/C28H32Cl2N6O.C26H28Cl2N6O.C24H23Cl2N5O2/c1-7-35(8-2)18(6)22-11-10-19(15-33-22)23-17(5)21(29)14-20(25(23)37-9-3)16(4)28-34-26(30)24-27(31)32-12-13-36(24)28;1-7-35-23-18(14(2)26-32-24(28)22-25(29)30-10-11-34(22)26)12-19(27)15(3)21(23)17-8-9-20(31-13-17)16(4)33(5)6;1-5-33-21-16(12(2)24-30-22(26)20-23(27)28-8-9-31(20)24)10-17(25)13(3)19(21)15-6-7-18(14(4)32)29-11-15/h10-16H,6-9H2,1-5H3,(H2,31,32);8-14H,4,7H2,1-3,5-6H3,(H2,29,30);6-12,32H,4-5H2,1-3H3,(H2,27,28)/t16-;14-;12-/m000/s1. The van der Waals surface area contributed by atoms with Gasteiger partial charge in [-0.2, -0.15) is 0 Å². The van der Waals surface area contributed by atoms with Crippen LogP contribution in [-0.2, 0) is 0 Å². The molecule has 9 heterocycles. The Labute approximate surface area is 641 Å². The van der Waals surface area contributed by atoms with Gasteiger partial charge in [-0.05, 0) is 108 Å². The van der Waals surface area contributed by atoms with E-state index < -0.39 is 0 Å². The molecule has 9 aromatic heterocycles. The molecule has 0 spiro atoms. The van der Waals surface area contributed by atoms with Crippen LogP contribution in [0.3, 0.4) is 0 Å². The van der Waals surface area contributed by atoms with E-state index in [1.165, 1.54) is 0 Å². The fourth-order valence-electron chi connectivity index (χ4n) is 12.7. The lowest BCUT2D eigenvalue weighted by molar-refractivity contribution is 0.336. The van der Waals surface area contributed by atoms with Crippen LogP contribution in [0.2, 0.25) is 30.5 Å². The molecular formula is C78H83Cl6N17O4. The van der Waals surface area contributed by atoms with E-state index >= 15 is 0 Å². The smallest absolute Gasteiger partial charge is 0.158 e. The summed E-state index contributed by atoms with van der Waals surface area (Å²) in [5.74, 6) is 4.44. The Morgan fingerprint density at radius 2 is 0.762 bits per heavy atom. The van der Waals surface area contributed by atoms with E-state index in [9.17, 15) is 5.11 Å². The number of ether oxygens (including phenoxy) is 3. The Hall–Kier alpha value is -9.87. The van der Waals surface area contributed by atoms with E-state index in [-0.39, 0.29) is 28.7 Å². The number of anilines is 3. The fraction of sp³-hybridized carbons (Fsp3) is 0.269. The van der Waals surface area contributed by atoms with Gasteiger partial charge < -0.3 is 46.3 Å².